The first-order valence-corrected chi connectivity index (χ1v) is 8.76. The summed E-state index contributed by atoms with van der Waals surface area (Å²) in [4.78, 5) is 2.23. The smallest absolute Gasteiger partial charge is 0.126 e. The molecule has 1 N–H and O–H groups in total. The molecule has 136 valence electrons. The van der Waals surface area contributed by atoms with Gasteiger partial charge < -0.3 is 9.84 Å². The summed E-state index contributed by atoms with van der Waals surface area (Å²) in [5.41, 5.74) is 2.56. The Balaban J connectivity index is 1.60. The standard InChI is InChI=1S/C19H26FN3O2/c1-4-23-15(3)18(14(2)21-23)11-22-9-8-19(24,12-22)13-25-17-7-5-6-16(20)10-17/h5-7,10,24H,4,8-9,11-13H2,1-3H3/t19-/m1/s1. The molecule has 0 unspecified atom stereocenters. The molecule has 6 heteroatoms. The van der Waals surface area contributed by atoms with Gasteiger partial charge in [0, 0.05) is 43.5 Å². The van der Waals surface area contributed by atoms with Gasteiger partial charge in [-0.15, -0.1) is 0 Å². The van der Waals surface area contributed by atoms with Gasteiger partial charge in [0.2, 0.25) is 0 Å². The molecule has 1 saturated heterocycles. The predicted octanol–water partition coefficient (Wildman–Crippen LogP) is 2.67. The summed E-state index contributed by atoms with van der Waals surface area (Å²) in [7, 11) is 0. The van der Waals surface area contributed by atoms with Crippen LogP contribution in [0, 0.1) is 19.7 Å². The van der Waals surface area contributed by atoms with Crippen molar-refractivity contribution in [2.24, 2.45) is 0 Å². The predicted molar refractivity (Wildman–Crippen MR) is 94.1 cm³/mol. The molecule has 0 bridgehead atoms. The first-order chi connectivity index (χ1) is 11.9. The number of hydrogen-bond donors (Lipinski definition) is 1. The van der Waals surface area contributed by atoms with Crippen LogP contribution in [0.1, 0.15) is 30.3 Å². The molecule has 0 amide bonds. The minimum Gasteiger partial charge on any atom is -0.490 e. The van der Waals surface area contributed by atoms with Crippen molar-refractivity contribution in [3.63, 3.8) is 0 Å². The van der Waals surface area contributed by atoms with Crippen molar-refractivity contribution in [1.82, 2.24) is 14.7 Å². The Bertz CT molecular complexity index is 746. The van der Waals surface area contributed by atoms with E-state index in [1.165, 1.54) is 23.4 Å². The average molecular weight is 347 g/mol. The first kappa shape index (κ1) is 17.9. The Morgan fingerprint density at radius 1 is 1.36 bits per heavy atom. The van der Waals surface area contributed by atoms with Crippen LogP contribution in [-0.2, 0) is 13.1 Å². The Kier molecular flexibility index (Phi) is 5.11. The van der Waals surface area contributed by atoms with E-state index in [1.807, 2.05) is 11.6 Å². The van der Waals surface area contributed by atoms with Crippen LogP contribution in [0.2, 0.25) is 0 Å². The number of β-amino-alcohol motifs (C(OH)–C–C–N with tert-alkyl or cyclic N) is 1. The third-order valence-electron chi connectivity index (χ3n) is 4.93. The topological polar surface area (TPSA) is 50.5 Å². The molecule has 1 aliphatic rings. The second-order valence-electron chi connectivity index (χ2n) is 6.90. The fraction of sp³-hybridized carbons (Fsp3) is 0.526. The maximum Gasteiger partial charge on any atom is 0.126 e. The Hall–Kier alpha value is -1.92. The second kappa shape index (κ2) is 7.14. The molecule has 0 aliphatic carbocycles. The lowest BCUT2D eigenvalue weighted by atomic mass is 10.1. The minimum absolute atomic E-state index is 0.166. The zero-order valence-corrected chi connectivity index (χ0v) is 15.1. The van der Waals surface area contributed by atoms with E-state index in [-0.39, 0.29) is 12.4 Å². The largest absolute Gasteiger partial charge is 0.490 e. The molecule has 2 aromatic rings. The van der Waals surface area contributed by atoms with Gasteiger partial charge in [-0.3, -0.25) is 9.58 Å². The van der Waals surface area contributed by atoms with Gasteiger partial charge in [-0.25, -0.2) is 4.39 Å². The van der Waals surface area contributed by atoms with Gasteiger partial charge in [0.15, 0.2) is 0 Å². The summed E-state index contributed by atoms with van der Waals surface area (Å²) in [5.74, 6) is 0.110. The summed E-state index contributed by atoms with van der Waals surface area (Å²) < 4.78 is 20.8. The van der Waals surface area contributed by atoms with Gasteiger partial charge in [-0.1, -0.05) is 6.07 Å². The maximum absolute atomic E-state index is 13.2. The number of aromatic nitrogens is 2. The zero-order chi connectivity index (χ0) is 18.0. The van der Waals surface area contributed by atoms with Crippen LogP contribution < -0.4 is 4.74 Å². The number of likely N-dealkylation sites (tertiary alicyclic amines) is 1. The highest BCUT2D eigenvalue weighted by molar-refractivity contribution is 5.25. The number of nitrogens with zero attached hydrogens (tertiary/aromatic N) is 3. The van der Waals surface area contributed by atoms with Crippen molar-refractivity contribution < 1.29 is 14.2 Å². The summed E-state index contributed by atoms with van der Waals surface area (Å²) in [6.45, 7) is 9.36. The molecule has 5 nitrogen and oxygen atoms in total. The third kappa shape index (κ3) is 4.02. The minimum atomic E-state index is -0.908. The number of benzene rings is 1. The zero-order valence-electron chi connectivity index (χ0n) is 15.1. The van der Waals surface area contributed by atoms with Crippen molar-refractivity contribution in [3.8, 4) is 5.75 Å². The van der Waals surface area contributed by atoms with E-state index in [4.69, 9.17) is 4.74 Å². The SMILES string of the molecule is CCn1nc(C)c(CN2CC[C@](O)(COc3cccc(F)c3)C2)c1C. The van der Waals surface area contributed by atoms with Crippen LogP contribution in [0.5, 0.6) is 5.75 Å². The fourth-order valence-electron chi connectivity index (χ4n) is 3.46. The molecule has 3 rings (SSSR count). The Morgan fingerprint density at radius 3 is 2.84 bits per heavy atom. The molecule has 25 heavy (non-hydrogen) atoms. The van der Waals surface area contributed by atoms with Crippen molar-refractivity contribution >= 4 is 0 Å². The van der Waals surface area contributed by atoms with Gasteiger partial charge in [-0.2, -0.15) is 5.10 Å². The van der Waals surface area contributed by atoms with E-state index in [0.717, 1.165) is 25.3 Å². The van der Waals surface area contributed by atoms with E-state index < -0.39 is 5.60 Å². The second-order valence-corrected chi connectivity index (χ2v) is 6.90. The van der Waals surface area contributed by atoms with Crippen LogP contribution in [0.3, 0.4) is 0 Å². The number of aliphatic hydroxyl groups is 1. The van der Waals surface area contributed by atoms with E-state index >= 15 is 0 Å². The van der Waals surface area contributed by atoms with Crippen LogP contribution in [0.25, 0.3) is 0 Å². The Labute approximate surface area is 148 Å². The summed E-state index contributed by atoms with van der Waals surface area (Å²) in [6.07, 6.45) is 0.641. The average Bonchev–Trinajstić information content (AvgIpc) is 3.08. The summed E-state index contributed by atoms with van der Waals surface area (Å²) >= 11 is 0. The lowest BCUT2D eigenvalue weighted by Gasteiger charge is -2.24. The molecule has 1 fully saturated rings. The number of aryl methyl sites for hydroxylation is 2. The molecule has 2 heterocycles. The van der Waals surface area contributed by atoms with Crippen LogP contribution in [0.15, 0.2) is 24.3 Å². The molecule has 0 saturated carbocycles. The van der Waals surface area contributed by atoms with Crippen LogP contribution in [0.4, 0.5) is 4.39 Å². The molecule has 1 aromatic carbocycles. The van der Waals surface area contributed by atoms with Crippen molar-refractivity contribution in [2.75, 3.05) is 19.7 Å². The Morgan fingerprint density at radius 2 is 2.16 bits per heavy atom. The fourth-order valence-corrected chi connectivity index (χ4v) is 3.46. The first-order valence-electron chi connectivity index (χ1n) is 8.76. The monoisotopic (exact) mass is 347 g/mol. The van der Waals surface area contributed by atoms with Crippen molar-refractivity contribution in [3.05, 3.63) is 47.0 Å². The van der Waals surface area contributed by atoms with Gasteiger partial charge in [0.25, 0.3) is 0 Å². The third-order valence-corrected chi connectivity index (χ3v) is 4.93. The number of ether oxygens (including phenoxy) is 1. The lowest BCUT2D eigenvalue weighted by molar-refractivity contribution is 0.00326. The highest BCUT2D eigenvalue weighted by atomic mass is 19.1. The number of hydrogen-bond acceptors (Lipinski definition) is 4. The summed E-state index contributed by atoms with van der Waals surface area (Å²) in [6, 6.07) is 6.01. The van der Waals surface area contributed by atoms with E-state index in [9.17, 15) is 9.50 Å². The van der Waals surface area contributed by atoms with Gasteiger partial charge in [-0.05, 0) is 39.3 Å². The molecule has 0 spiro atoms. The van der Waals surface area contributed by atoms with Crippen LogP contribution in [-0.4, -0.2) is 45.1 Å². The normalized spacial score (nSPS) is 21.0. The van der Waals surface area contributed by atoms with E-state index in [0.29, 0.717) is 18.7 Å². The highest BCUT2D eigenvalue weighted by Crippen LogP contribution is 2.26. The number of halogens is 1. The van der Waals surface area contributed by atoms with Crippen LogP contribution >= 0.6 is 0 Å². The lowest BCUT2D eigenvalue weighted by Crippen LogP contribution is -2.39. The molecule has 1 atom stereocenters. The molecule has 0 radical (unpaired) electrons. The molecule has 1 aromatic heterocycles. The van der Waals surface area contributed by atoms with Crippen molar-refractivity contribution in [2.45, 2.75) is 45.9 Å². The van der Waals surface area contributed by atoms with Gasteiger partial charge >= 0.3 is 0 Å². The van der Waals surface area contributed by atoms with E-state index in [2.05, 4.69) is 23.8 Å². The quantitative estimate of drug-likeness (QED) is 0.873. The summed E-state index contributed by atoms with van der Waals surface area (Å²) in [5, 5.41) is 15.3. The molecule has 1 aliphatic heterocycles. The van der Waals surface area contributed by atoms with E-state index in [1.54, 1.807) is 12.1 Å². The number of rotatable bonds is 6. The highest BCUT2D eigenvalue weighted by Gasteiger charge is 2.37. The van der Waals surface area contributed by atoms with Gasteiger partial charge in [0.05, 0.1) is 5.69 Å². The van der Waals surface area contributed by atoms with Gasteiger partial charge in [0.1, 0.15) is 23.8 Å². The molecular weight excluding hydrogens is 321 g/mol. The maximum atomic E-state index is 13.2. The van der Waals surface area contributed by atoms with Crippen molar-refractivity contribution in [1.29, 1.82) is 0 Å². The molecular formula is C19H26FN3O2.